The number of anilines is 2. The highest BCUT2D eigenvalue weighted by Crippen LogP contribution is 2.34. The highest BCUT2D eigenvalue weighted by atomic mass is 32.1. The van der Waals surface area contributed by atoms with Crippen molar-refractivity contribution in [1.29, 1.82) is 0 Å². The minimum atomic E-state index is 0.00801. The van der Waals surface area contributed by atoms with Crippen LogP contribution in [0, 0.1) is 0 Å². The van der Waals surface area contributed by atoms with E-state index in [1.807, 2.05) is 41.8 Å². The largest absolute Gasteiger partial charge is 0.282 e. The van der Waals surface area contributed by atoms with Gasteiger partial charge in [0.2, 0.25) is 0 Å². The van der Waals surface area contributed by atoms with Gasteiger partial charge in [-0.3, -0.25) is 14.7 Å². The van der Waals surface area contributed by atoms with Crippen molar-refractivity contribution in [2.24, 2.45) is 4.99 Å². The van der Waals surface area contributed by atoms with Crippen LogP contribution in [0.4, 0.5) is 10.7 Å². The van der Waals surface area contributed by atoms with E-state index in [4.69, 9.17) is 0 Å². The lowest BCUT2D eigenvalue weighted by Crippen LogP contribution is -2.26. The molecule has 1 aliphatic rings. The van der Waals surface area contributed by atoms with Crippen LogP contribution in [-0.4, -0.2) is 18.7 Å². The van der Waals surface area contributed by atoms with Crippen molar-refractivity contribution >= 4 is 34.1 Å². The zero-order valence-corrected chi connectivity index (χ0v) is 9.85. The fraction of sp³-hybridized carbons (Fsp3) is 0.0769. The first-order valence-corrected chi connectivity index (χ1v) is 6.19. The maximum atomic E-state index is 12.1. The Morgan fingerprint density at radius 3 is 2.82 bits per heavy atom. The molecule has 1 aromatic carbocycles. The summed E-state index contributed by atoms with van der Waals surface area (Å²) in [7, 11) is 0. The van der Waals surface area contributed by atoms with Gasteiger partial charge < -0.3 is 0 Å². The summed E-state index contributed by atoms with van der Waals surface area (Å²) in [5.74, 6) is 0.00801. The molecule has 1 aliphatic heterocycles. The van der Waals surface area contributed by atoms with E-state index in [1.165, 1.54) is 0 Å². The highest BCUT2D eigenvalue weighted by molar-refractivity contribution is 7.15. The molecule has 1 amide bonds. The molecule has 4 heteroatoms. The number of aliphatic imine (C=N–C) groups is 1. The minimum absolute atomic E-state index is 0.00801. The topological polar surface area (TPSA) is 32.7 Å². The second kappa shape index (κ2) is 4.14. The van der Waals surface area contributed by atoms with Crippen molar-refractivity contribution < 1.29 is 4.79 Å². The number of benzene rings is 1. The molecule has 0 atom stereocenters. The Kier molecular flexibility index (Phi) is 2.49. The van der Waals surface area contributed by atoms with Gasteiger partial charge in [0.1, 0.15) is 11.5 Å². The Morgan fingerprint density at radius 2 is 2.00 bits per heavy atom. The van der Waals surface area contributed by atoms with E-state index in [-0.39, 0.29) is 12.5 Å². The molecule has 84 valence electrons. The number of hydrogen-bond donors (Lipinski definition) is 0. The summed E-state index contributed by atoms with van der Waals surface area (Å²) in [5, 5.41) is 2.92. The van der Waals surface area contributed by atoms with E-state index in [0.717, 1.165) is 16.3 Å². The normalized spacial score (nSPS) is 14.6. The number of nitrogens with zero attached hydrogens (tertiary/aromatic N) is 2. The predicted molar refractivity (Wildman–Crippen MR) is 70.4 cm³/mol. The molecule has 0 N–H and O–H groups in total. The Hall–Kier alpha value is -1.94. The van der Waals surface area contributed by atoms with Crippen molar-refractivity contribution in [3.8, 4) is 0 Å². The van der Waals surface area contributed by atoms with Crippen molar-refractivity contribution in [1.82, 2.24) is 0 Å². The molecular formula is C13H10N2OS. The monoisotopic (exact) mass is 242 g/mol. The van der Waals surface area contributed by atoms with Gasteiger partial charge in [0.05, 0.1) is 0 Å². The molecule has 0 saturated heterocycles. The molecule has 2 aromatic rings. The molecule has 0 aliphatic carbocycles. The first-order chi connectivity index (χ1) is 8.36. The van der Waals surface area contributed by atoms with E-state index in [2.05, 4.69) is 4.99 Å². The number of hydrogen-bond acceptors (Lipinski definition) is 3. The second-order valence-electron chi connectivity index (χ2n) is 3.72. The zero-order chi connectivity index (χ0) is 11.7. The predicted octanol–water partition coefficient (Wildman–Crippen LogP) is 2.85. The first kappa shape index (κ1) is 10.2. The summed E-state index contributed by atoms with van der Waals surface area (Å²) in [6.45, 7) is 0.205. The molecule has 0 spiro atoms. The summed E-state index contributed by atoms with van der Waals surface area (Å²) in [4.78, 5) is 18.0. The van der Waals surface area contributed by atoms with Gasteiger partial charge in [0.15, 0.2) is 0 Å². The van der Waals surface area contributed by atoms with Crippen LogP contribution in [0.1, 0.15) is 5.56 Å². The fourth-order valence-corrected chi connectivity index (χ4v) is 2.75. The summed E-state index contributed by atoms with van der Waals surface area (Å²) >= 11 is 1.56. The maximum absolute atomic E-state index is 12.1. The quantitative estimate of drug-likeness (QED) is 0.756. The van der Waals surface area contributed by atoms with Crippen LogP contribution in [-0.2, 0) is 4.79 Å². The third kappa shape index (κ3) is 1.76. The summed E-state index contributed by atoms with van der Waals surface area (Å²) in [6.07, 6.45) is 1.77. The Morgan fingerprint density at radius 1 is 1.18 bits per heavy atom. The van der Waals surface area contributed by atoms with Crippen molar-refractivity contribution in [3.63, 3.8) is 0 Å². The van der Waals surface area contributed by atoms with Crippen LogP contribution in [0.5, 0.6) is 0 Å². The molecule has 1 aromatic heterocycles. The maximum Gasteiger partial charge on any atom is 0.253 e. The van der Waals surface area contributed by atoms with Gasteiger partial charge in [-0.05, 0) is 23.6 Å². The molecule has 3 rings (SSSR count). The number of para-hydroxylation sites is 1. The van der Waals surface area contributed by atoms with Gasteiger partial charge in [0, 0.05) is 17.5 Å². The van der Waals surface area contributed by atoms with Crippen LogP contribution in [0.25, 0.3) is 0 Å². The SMILES string of the molecule is O=C1CN=Cc2ccsc2N1c1ccccc1. The van der Waals surface area contributed by atoms with Gasteiger partial charge >= 0.3 is 0 Å². The molecule has 0 saturated carbocycles. The molecule has 17 heavy (non-hydrogen) atoms. The van der Waals surface area contributed by atoms with Crippen molar-refractivity contribution in [3.05, 3.63) is 47.3 Å². The fourth-order valence-electron chi connectivity index (χ4n) is 1.84. The van der Waals surface area contributed by atoms with Crippen molar-refractivity contribution in [2.45, 2.75) is 0 Å². The average molecular weight is 242 g/mol. The van der Waals surface area contributed by atoms with Crippen LogP contribution in [0.15, 0.2) is 46.8 Å². The zero-order valence-electron chi connectivity index (χ0n) is 9.04. The van der Waals surface area contributed by atoms with E-state index in [0.29, 0.717) is 0 Å². The lowest BCUT2D eigenvalue weighted by atomic mass is 10.2. The molecule has 0 radical (unpaired) electrons. The van der Waals surface area contributed by atoms with E-state index >= 15 is 0 Å². The number of fused-ring (bicyclic) bond motifs is 1. The third-order valence-electron chi connectivity index (χ3n) is 2.60. The van der Waals surface area contributed by atoms with Gasteiger partial charge in [-0.25, -0.2) is 0 Å². The number of rotatable bonds is 1. The van der Waals surface area contributed by atoms with E-state index in [1.54, 1.807) is 22.5 Å². The van der Waals surface area contributed by atoms with Crippen LogP contribution in [0.2, 0.25) is 0 Å². The average Bonchev–Trinajstić information content (AvgIpc) is 2.74. The van der Waals surface area contributed by atoms with Crippen LogP contribution < -0.4 is 4.90 Å². The number of carbonyl (C=O) groups is 1. The van der Waals surface area contributed by atoms with Gasteiger partial charge in [-0.1, -0.05) is 18.2 Å². The lowest BCUT2D eigenvalue weighted by Gasteiger charge is -2.19. The third-order valence-corrected chi connectivity index (χ3v) is 3.51. The highest BCUT2D eigenvalue weighted by Gasteiger charge is 2.22. The molecular weight excluding hydrogens is 232 g/mol. The molecule has 2 heterocycles. The van der Waals surface area contributed by atoms with Gasteiger partial charge in [-0.15, -0.1) is 11.3 Å². The van der Waals surface area contributed by atoms with Crippen LogP contribution in [0.3, 0.4) is 0 Å². The van der Waals surface area contributed by atoms with E-state index in [9.17, 15) is 4.79 Å². The molecule has 3 nitrogen and oxygen atoms in total. The summed E-state index contributed by atoms with van der Waals surface area (Å²) in [6, 6.07) is 11.7. The number of thiophene rings is 1. The molecule has 0 fully saturated rings. The minimum Gasteiger partial charge on any atom is -0.282 e. The number of carbonyl (C=O) groups excluding carboxylic acids is 1. The van der Waals surface area contributed by atoms with Gasteiger partial charge in [0.25, 0.3) is 5.91 Å². The van der Waals surface area contributed by atoms with Gasteiger partial charge in [-0.2, -0.15) is 0 Å². The Balaban J connectivity index is 2.14. The first-order valence-electron chi connectivity index (χ1n) is 5.31. The molecule has 0 unspecified atom stereocenters. The standard InChI is InChI=1S/C13H10N2OS/c16-12-9-14-8-10-6-7-17-13(10)15(12)11-4-2-1-3-5-11/h1-8H,9H2. The summed E-state index contributed by atoms with van der Waals surface area (Å²) in [5.41, 5.74) is 1.90. The number of amides is 1. The van der Waals surface area contributed by atoms with Crippen molar-refractivity contribution in [2.75, 3.05) is 11.4 Å². The smallest absolute Gasteiger partial charge is 0.253 e. The Bertz CT molecular complexity index is 574. The second-order valence-corrected chi connectivity index (χ2v) is 4.61. The lowest BCUT2D eigenvalue weighted by molar-refractivity contribution is -0.116. The van der Waals surface area contributed by atoms with E-state index < -0.39 is 0 Å². The Labute approximate surface area is 103 Å². The van der Waals surface area contributed by atoms with Crippen LogP contribution >= 0.6 is 11.3 Å². The molecule has 0 bridgehead atoms. The summed E-state index contributed by atoms with van der Waals surface area (Å²) < 4.78 is 0.